The Morgan fingerprint density at radius 2 is 2.21 bits per heavy atom. The predicted molar refractivity (Wildman–Crippen MR) is 82.7 cm³/mol. The molecule has 0 radical (unpaired) electrons. The zero-order valence-electron chi connectivity index (χ0n) is 12.2. The van der Waals surface area contributed by atoms with Crippen LogP contribution in [0.3, 0.4) is 0 Å². The third kappa shape index (κ3) is 3.95. The van der Waals surface area contributed by atoms with Gasteiger partial charge in [-0.05, 0) is 43.0 Å². The largest absolute Gasteiger partial charge is 0.315 e. The molecule has 1 saturated heterocycles. The molecule has 0 amide bonds. The molecule has 0 aliphatic carbocycles. The Labute approximate surface area is 122 Å². The van der Waals surface area contributed by atoms with Gasteiger partial charge in [-0.15, -0.1) is 0 Å². The van der Waals surface area contributed by atoms with Crippen molar-refractivity contribution in [3.63, 3.8) is 0 Å². The molecule has 2 rings (SSSR count). The minimum Gasteiger partial charge on any atom is -0.315 e. The van der Waals surface area contributed by atoms with E-state index in [2.05, 4.69) is 43.1 Å². The maximum absolute atomic E-state index is 6.23. The molecule has 1 N–H and O–H groups in total. The highest BCUT2D eigenvalue weighted by Gasteiger charge is 2.23. The van der Waals surface area contributed by atoms with E-state index >= 15 is 0 Å². The number of nitrogens with one attached hydrogen (secondary N) is 1. The fourth-order valence-corrected chi connectivity index (χ4v) is 3.00. The number of halogens is 1. The molecule has 1 aliphatic rings. The Morgan fingerprint density at radius 3 is 2.84 bits per heavy atom. The van der Waals surface area contributed by atoms with Crippen LogP contribution < -0.4 is 5.32 Å². The summed E-state index contributed by atoms with van der Waals surface area (Å²) in [6.07, 6.45) is 1.26. The Balaban J connectivity index is 2.12. The number of benzene rings is 1. The maximum Gasteiger partial charge on any atom is 0.0438 e. The van der Waals surface area contributed by atoms with Crippen LogP contribution >= 0.6 is 11.6 Å². The summed E-state index contributed by atoms with van der Waals surface area (Å²) < 4.78 is 0. The molecule has 1 fully saturated rings. The lowest BCUT2D eigenvalue weighted by Crippen LogP contribution is -2.38. The third-order valence-electron chi connectivity index (χ3n) is 3.90. The molecule has 0 saturated carbocycles. The second kappa shape index (κ2) is 6.74. The lowest BCUT2D eigenvalue weighted by molar-refractivity contribution is 0.177. The van der Waals surface area contributed by atoms with Gasteiger partial charge in [0.2, 0.25) is 0 Å². The van der Waals surface area contributed by atoms with E-state index in [-0.39, 0.29) is 0 Å². The first-order chi connectivity index (χ1) is 9.08. The summed E-state index contributed by atoms with van der Waals surface area (Å²) in [5.41, 5.74) is 2.59. The Bertz CT molecular complexity index is 411. The Morgan fingerprint density at radius 1 is 1.42 bits per heavy atom. The maximum atomic E-state index is 6.23. The highest BCUT2D eigenvalue weighted by molar-refractivity contribution is 6.31. The van der Waals surface area contributed by atoms with Gasteiger partial charge in [0.1, 0.15) is 0 Å². The van der Waals surface area contributed by atoms with Crippen molar-refractivity contribution >= 4 is 11.6 Å². The second-order valence-electron chi connectivity index (χ2n) is 5.99. The molecular formula is C16H25ClN2. The minimum atomic E-state index is 0.667. The summed E-state index contributed by atoms with van der Waals surface area (Å²) in [6, 6.07) is 6.91. The van der Waals surface area contributed by atoms with Crippen LogP contribution in [0.4, 0.5) is 0 Å². The van der Waals surface area contributed by atoms with E-state index in [4.69, 9.17) is 11.6 Å². The molecule has 2 nitrogen and oxygen atoms in total. The van der Waals surface area contributed by atoms with Crippen LogP contribution in [-0.4, -0.2) is 30.6 Å². The Hall–Kier alpha value is -0.570. The minimum absolute atomic E-state index is 0.667. The first-order valence-electron chi connectivity index (χ1n) is 7.26. The van der Waals surface area contributed by atoms with Crippen LogP contribution in [0.25, 0.3) is 0 Å². The van der Waals surface area contributed by atoms with Gasteiger partial charge < -0.3 is 5.32 Å². The van der Waals surface area contributed by atoms with Crippen molar-refractivity contribution in [1.29, 1.82) is 0 Å². The summed E-state index contributed by atoms with van der Waals surface area (Å²) in [6.45, 7) is 11.1. The van der Waals surface area contributed by atoms with Crippen LogP contribution in [0.15, 0.2) is 18.2 Å². The number of hydrogen-bond donors (Lipinski definition) is 1. The lowest BCUT2D eigenvalue weighted by Gasteiger charge is -2.30. The molecule has 1 aromatic carbocycles. The standard InChI is InChI=1S/C16H25ClN2/c1-12(2)10-19(15-7-8-18-9-15)11-14-5-4-6-16(17)13(14)3/h4-6,12,15,18H,7-11H2,1-3H3/t15-/m0/s1. The molecule has 0 aromatic heterocycles. The topological polar surface area (TPSA) is 15.3 Å². The molecule has 1 heterocycles. The van der Waals surface area contributed by atoms with Gasteiger partial charge >= 0.3 is 0 Å². The van der Waals surface area contributed by atoms with Gasteiger partial charge in [0.15, 0.2) is 0 Å². The van der Waals surface area contributed by atoms with Crippen LogP contribution in [0.2, 0.25) is 5.02 Å². The van der Waals surface area contributed by atoms with Gasteiger partial charge in [-0.2, -0.15) is 0 Å². The number of rotatable bonds is 5. The molecule has 1 aromatic rings. The first-order valence-corrected chi connectivity index (χ1v) is 7.64. The van der Waals surface area contributed by atoms with E-state index in [9.17, 15) is 0 Å². The quantitative estimate of drug-likeness (QED) is 0.888. The third-order valence-corrected chi connectivity index (χ3v) is 4.31. The molecular weight excluding hydrogens is 256 g/mol. The van der Waals surface area contributed by atoms with Gasteiger partial charge in [-0.1, -0.05) is 37.6 Å². The SMILES string of the molecule is Cc1c(Cl)cccc1CN(CC(C)C)[C@H]1CCNC1. The van der Waals surface area contributed by atoms with Crippen LogP contribution in [0.1, 0.15) is 31.4 Å². The summed E-state index contributed by atoms with van der Waals surface area (Å²) in [5, 5.41) is 4.35. The van der Waals surface area contributed by atoms with E-state index in [0.717, 1.165) is 31.2 Å². The summed E-state index contributed by atoms with van der Waals surface area (Å²) >= 11 is 6.23. The van der Waals surface area contributed by atoms with Gasteiger partial charge in [-0.3, -0.25) is 4.90 Å². The second-order valence-corrected chi connectivity index (χ2v) is 6.40. The zero-order chi connectivity index (χ0) is 13.8. The lowest BCUT2D eigenvalue weighted by atomic mass is 10.1. The normalized spacial score (nSPS) is 19.6. The monoisotopic (exact) mass is 280 g/mol. The molecule has 0 spiro atoms. The van der Waals surface area contributed by atoms with Crippen LogP contribution in [-0.2, 0) is 6.54 Å². The van der Waals surface area contributed by atoms with E-state index < -0.39 is 0 Å². The first kappa shape index (κ1) is 14.8. The van der Waals surface area contributed by atoms with E-state index in [1.165, 1.54) is 17.5 Å². The van der Waals surface area contributed by atoms with Crippen molar-refractivity contribution in [3.8, 4) is 0 Å². The molecule has 1 aliphatic heterocycles. The molecule has 0 bridgehead atoms. The van der Waals surface area contributed by atoms with Gasteiger partial charge in [0.05, 0.1) is 0 Å². The molecule has 1 atom stereocenters. The average Bonchev–Trinajstić information content (AvgIpc) is 2.87. The molecule has 19 heavy (non-hydrogen) atoms. The number of hydrogen-bond acceptors (Lipinski definition) is 2. The van der Waals surface area contributed by atoms with E-state index in [1.807, 2.05) is 6.07 Å². The van der Waals surface area contributed by atoms with E-state index in [1.54, 1.807) is 0 Å². The van der Waals surface area contributed by atoms with Crippen molar-refractivity contribution in [2.24, 2.45) is 5.92 Å². The van der Waals surface area contributed by atoms with Gasteiger partial charge in [0, 0.05) is 30.7 Å². The Kier molecular flexibility index (Phi) is 5.26. The van der Waals surface area contributed by atoms with Crippen molar-refractivity contribution in [1.82, 2.24) is 10.2 Å². The predicted octanol–water partition coefficient (Wildman–Crippen LogP) is 3.47. The van der Waals surface area contributed by atoms with Gasteiger partial charge in [-0.25, -0.2) is 0 Å². The fraction of sp³-hybridized carbons (Fsp3) is 0.625. The molecule has 0 unspecified atom stereocenters. The van der Waals surface area contributed by atoms with Crippen molar-refractivity contribution in [2.75, 3.05) is 19.6 Å². The van der Waals surface area contributed by atoms with Crippen LogP contribution in [0.5, 0.6) is 0 Å². The fourth-order valence-electron chi connectivity index (χ4n) is 2.81. The van der Waals surface area contributed by atoms with Crippen molar-refractivity contribution < 1.29 is 0 Å². The smallest absolute Gasteiger partial charge is 0.0438 e. The highest BCUT2D eigenvalue weighted by Crippen LogP contribution is 2.22. The molecule has 3 heteroatoms. The summed E-state index contributed by atoms with van der Waals surface area (Å²) in [7, 11) is 0. The molecule has 106 valence electrons. The van der Waals surface area contributed by atoms with Crippen molar-refractivity contribution in [3.05, 3.63) is 34.3 Å². The van der Waals surface area contributed by atoms with Crippen molar-refractivity contribution in [2.45, 2.75) is 39.8 Å². The van der Waals surface area contributed by atoms with Crippen LogP contribution in [0, 0.1) is 12.8 Å². The average molecular weight is 281 g/mol. The highest BCUT2D eigenvalue weighted by atomic mass is 35.5. The summed E-state index contributed by atoms with van der Waals surface area (Å²) in [4.78, 5) is 2.61. The van der Waals surface area contributed by atoms with Gasteiger partial charge in [0.25, 0.3) is 0 Å². The summed E-state index contributed by atoms with van der Waals surface area (Å²) in [5.74, 6) is 0.695. The van der Waals surface area contributed by atoms with E-state index in [0.29, 0.717) is 12.0 Å². The zero-order valence-corrected chi connectivity index (χ0v) is 13.0. The number of nitrogens with zero attached hydrogens (tertiary/aromatic N) is 1.